The Morgan fingerprint density at radius 3 is 2.79 bits per heavy atom. The molecule has 0 spiro atoms. The molecule has 1 saturated heterocycles. The van der Waals surface area contributed by atoms with Crippen LogP contribution >= 0.6 is 0 Å². The Morgan fingerprint density at radius 1 is 1.47 bits per heavy atom. The summed E-state index contributed by atoms with van der Waals surface area (Å²) < 4.78 is 13.6. The second-order valence-corrected chi connectivity index (χ2v) is 5.12. The summed E-state index contributed by atoms with van der Waals surface area (Å²) in [7, 11) is 0. The van der Waals surface area contributed by atoms with Gasteiger partial charge in [-0.15, -0.1) is 0 Å². The van der Waals surface area contributed by atoms with E-state index in [-0.39, 0.29) is 17.5 Å². The first-order chi connectivity index (χ1) is 9.06. The Morgan fingerprint density at radius 2 is 2.16 bits per heavy atom. The number of nitrogens with one attached hydrogen (secondary N) is 1. The fraction of sp³-hybridized carbons (Fsp3) is 0.500. The summed E-state index contributed by atoms with van der Waals surface area (Å²) in [6, 6.07) is 4.12. The molecule has 1 aromatic rings. The van der Waals surface area contributed by atoms with Gasteiger partial charge in [-0.25, -0.2) is 4.39 Å². The van der Waals surface area contributed by atoms with Crippen LogP contribution in [0.2, 0.25) is 0 Å². The van der Waals surface area contributed by atoms with E-state index >= 15 is 0 Å². The maximum absolute atomic E-state index is 13.6. The molecule has 2 rings (SSSR count). The van der Waals surface area contributed by atoms with Crippen LogP contribution < -0.4 is 11.1 Å². The van der Waals surface area contributed by atoms with E-state index in [1.807, 2.05) is 6.92 Å². The lowest BCUT2D eigenvalue weighted by Crippen LogP contribution is -2.41. The van der Waals surface area contributed by atoms with Crippen molar-refractivity contribution < 1.29 is 9.18 Å². The number of anilines is 1. The average Bonchev–Trinajstić information content (AvgIpc) is 2.81. The number of nitrogens with two attached hydrogens (primary N) is 1. The lowest BCUT2D eigenvalue weighted by Gasteiger charge is -2.21. The van der Waals surface area contributed by atoms with Crippen LogP contribution in [0, 0.1) is 5.82 Å². The molecule has 1 heterocycles. The molecule has 0 aromatic heterocycles. The van der Waals surface area contributed by atoms with Crippen molar-refractivity contribution >= 4 is 11.6 Å². The second kappa shape index (κ2) is 6.02. The Kier molecular flexibility index (Phi) is 4.37. The van der Waals surface area contributed by atoms with Crippen molar-refractivity contribution in [2.45, 2.75) is 25.8 Å². The molecule has 104 valence electrons. The molecule has 0 radical (unpaired) electrons. The van der Waals surface area contributed by atoms with Crippen LogP contribution in [-0.4, -0.2) is 36.5 Å². The number of amides is 1. The zero-order chi connectivity index (χ0) is 13.8. The molecule has 5 heteroatoms. The quantitative estimate of drug-likeness (QED) is 0.813. The number of carbonyl (C=O) groups excluding carboxylic acids is 1. The smallest absolute Gasteiger partial charge is 0.254 e. The van der Waals surface area contributed by atoms with Gasteiger partial charge in [-0.3, -0.25) is 4.79 Å². The molecule has 1 aromatic carbocycles. The maximum Gasteiger partial charge on any atom is 0.254 e. The molecular weight excluding hydrogens is 245 g/mol. The Bertz CT molecular complexity index is 458. The summed E-state index contributed by atoms with van der Waals surface area (Å²) in [5, 5.41) is 2.82. The highest BCUT2D eigenvalue weighted by molar-refractivity contribution is 5.95. The van der Waals surface area contributed by atoms with Gasteiger partial charge in [0.05, 0.1) is 5.56 Å². The minimum absolute atomic E-state index is 0.00236. The van der Waals surface area contributed by atoms with Crippen LogP contribution in [-0.2, 0) is 0 Å². The number of rotatable bonds is 4. The molecule has 1 unspecified atom stereocenters. The minimum Gasteiger partial charge on any atom is -0.399 e. The van der Waals surface area contributed by atoms with Crippen molar-refractivity contribution in [2.24, 2.45) is 0 Å². The van der Waals surface area contributed by atoms with E-state index in [0.717, 1.165) is 19.6 Å². The number of likely N-dealkylation sites (tertiary alicyclic amines) is 1. The molecule has 1 fully saturated rings. The van der Waals surface area contributed by atoms with Crippen molar-refractivity contribution in [1.29, 1.82) is 0 Å². The van der Waals surface area contributed by atoms with Gasteiger partial charge in [-0.2, -0.15) is 0 Å². The Labute approximate surface area is 112 Å². The van der Waals surface area contributed by atoms with Gasteiger partial charge < -0.3 is 16.0 Å². The highest BCUT2D eigenvalue weighted by Crippen LogP contribution is 2.12. The number of halogens is 1. The van der Waals surface area contributed by atoms with Crippen molar-refractivity contribution in [3.05, 3.63) is 29.6 Å². The zero-order valence-electron chi connectivity index (χ0n) is 11.2. The van der Waals surface area contributed by atoms with E-state index in [0.29, 0.717) is 5.69 Å². The number of nitrogen functional groups attached to an aromatic ring is 1. The fourth-order valence-corrected chi connectivity index (χ4v) is 2.42. The normalized spacial score (nSPS) is 17.4. The summed E-state index contributed by atoms with van der Waals surface area (Å²) in [6.45, 7) is 4.90. The molecule has 0 aliphatic carbocycles. The summed E-state index contributed by atoms with van der Waals surface area (Å²) in [6.07, 6.45) is 2.43. The van der Waals surface area contributed by atoms with Gasteiger partial charge >= 0.3 is 0 Å². The molecule has 1 aliphatic heterocycles. The monoisotopic (exact) mass is 265 g/mol. The first kappa shape index (κ1) is 13.8. The van der Waals surface area contributed by atoms with Gasteiger partial charge in [0, 0.05) is 18.3 Å². The SMILES string of the molecule is CC(CN1CCCC1)NC(=O)c1ccc(N)cc1F. The van der Waals surface area contributed by atoms with Crippen molar-refractivity contribution in [3.63, 3.8) is 0 Å². The molecule has 19 heavy (non-hydrogen) atoms. The van der Waals surface area contributed by atoms with Gasteiger partial charge in [0.15, 0.2) is 0 Å². The third-order valence-corrected chi connectivity index (χ3v) is 3.35. The van der Waals surface area contributed by atoms with Crippen LogP contribution in [0.1, 0.15) is 30.1 Å². The third-order valence-electron chi connectivity index (χ3n) is 3.35. The topological polar surface area (TPSA) is 58.4 Å². The minimum atomic E-state index is -0.578. The first-order valence-corrected chi connectivity index (χ1v) is 6.64. The molecule has 1 aliphatic rings. The van der Waals surface area contributed by atoms with E-state index in [2.05, 4.69) is 10.2 Å². The number of carbonyl (C=O) groups is 1. The number of benzene rings is 1. The summed E-state index contributed by atoms with van der Waals surface area (Å²) in [4.78, 5) is 14.3. The lowest BCUT2D eigenvalue weighted by atomic mass is 10.1. The highest BCUT2D eigenvalue weighted by Gasteiger charge is 2.18. The molecule has 0 bridgehead atoms. The average molecular weight is 265 g/mol. The van der Waals surface area contributed by atoms with E-state index in [1.54, 1.807) is 0 Å². The molecular formula is C14H20FN3O. The lowest BCUT2D eigenvalue weighted by molar-refractivity contribution is 0.0928. The third kappa shape index (κ3) is 3.67. The number of hydrogen-bond acceptors (Lipinski definition) is 3. The van der Waals surface area contributed by atoms with Crippen LogP contribution in [0.4, 0.5) is 10.1 Å². The van der Waals surface area contributed by atoms with E-state index in [1.165, 1.54) is 31.0 Å². The molecule has 3 N–H and O–H groups in total. The Hall–Kier alpha value is -1.62. The number of nitrogens with zero attached hydrogens (tertiary/aromatic N) is 1. The van der Waals surface area contributed by atoms with Gasteiger partial charge in [-0.05, 0) is 51.1 Å². The summed E-state index contributed by atoms with van der Waals surface area (Å²) in [5.41, 5.74) is 5.82. The molecule has 0 saturated carbocycles. The fourth-order valence-electron chi connectivity index (χ4n) is 2.42. The van der Waals surface area contributed by atoms with E-state index in [9.17, 15) is 9.18 Å². The molecule has 1 amide bonds. The van der Waals surface area contributed by atoms with Gasteiger partial charge in [0.2, 0.25) is 0 Å². The highest BCUT2D eigenvalue weighted by atomic mass is 19.1. The first-order valence-electron chi connectivity index (χ1n) is 6.64. The second-order valence-electron chi connectivity index (χ2n) is 5.12. The molecule has 4 nitrogen and oxygen atoms in total. The summed E-state index contributed by atoms with van der Waals surface area (Å²) in [5.74, 6) is -0.963. The van der Waals surface area contributed by atoms with Crippen molar-refractivity contribution in [3.8, 4) is 0 Å². The van der Waals surface area contributed by atoms with E-state index in [4.69, 9.17) is 5.73 Å². The largest absolute Gasteiger partial charge is 0.399 e. The van der Waals surface area contributed by atoms with Crippen LogP contribution in [0.3, 0.4) is 0 Å². The Balaban J connectivity index is 1.92. The molecule has 1 atom stereocenters. The standard InChI is InChI=1S/C14H20FN3O/c1-10(9-18-6-2-3-7-18)17-14(19)12-5-4-11(16)8-13(12)15/h4-5,8,10H,2-3,6-7,9,16H2,1H3,(H,17,19). The van der Waals surface area contributed by atoms with Crippen LogP contribution in [0.25, 0.3) is 0 Å². The van der Waals surface area contributed by atoms with E-state index < -0.39 is 5.82 Å². The summed E-state index contributed by atoms with van der Waals surface area (Å²) >= 11 is 0. The van der Waals surface area contributed by atoms with Crippen molar-refractivity contribution in [2.75, 3.05) is 25.4 Å². The zero-order valence-corrected chi connectivity index (χ0v) is 11.2. The van der Waals surface area contributed by atoms with Gasteiger partial charge in [-0.1, -0.05) is 0 Å². The maximum atomic E-state index is 13.6. The predicted molar refractivity (Wildman–Crippen MR) is 73.4 cm³/mol. The van der Waals surface area contributed by atoms with Crippen LogP contribution in [0.15, 0.2) is 18.2 Å². The van der Waals surface area contributed by atoms with Crippen LogP contribution in [0.5, 0.6) is 0 Å². The van der Waals surface area contributed by atoms with Gasteiger partial charge in [0.1, 0.15) is 5.82 Å². The van der Waals surface area contributed by atoms with Gasteiger partial charge in [0.25, 0.3) is 5.91 Å². The number of hydrogen-bond donors (Lipinski definition) is 2. The predicted octanol–water partition coefficient (Wildman–Crippen LogP) is 1.62. The van der Waals surface area contributed by atoms with Crippen molar-refractivity contribution in [1.82, 2.24) is 10.2 Å².